The first-order valence-corrected chi connectivity index (χ1v) is 10.5. The molecule has 0 atom stereocenters. The van der Waals surface area contributed by atoms with E-state index in [4.69, 9.17) is 16.3 Å². The molecule has 2 aromatic rings. The van der Waals surface area contributed by atoms with Crippen LogP contribution in [-0.2, 0) is 16.2 Å². The molecule has 1 aromatic heterocycles. The monoisotopic (exact) mass is 449 g/mol. The van der Waals surface area contributed by atoms with Crippen molar-refractivity contribution in [3.05, 3.63) is 46.6 Å². The van der Waals surface area contributed by atoms with Gasteiger partial charge in [-0.15, -0.1) is 0 Å². The van der Waals surface area contributed by atoms with E-state index in [1.165, 1.54) is 17.5 Å². The maximum absolute atomic E-state index is 13.0. The number of methoxy groups -OCH3 is 1. The van der Waals surface area contributed by atoms with Crippen molar-refractivity contribution in [1.29, 1.82) is 0 Å². The fraction of sp³-hybridized carbons (Fsp3) is 0.389. The van der Waals surface area contributed by atoms with Crippen LogP contribution in [-0.4, -0.2) is 51.0 Å². The summed E-state index contributed by atoms with van der Waals surface area (Å²) in [6, 6.07) is 5.56. The molecular weight excluding hydrogens is 431 g/mol. The smallest absolute Gasteiger partial charge is 0.417 e. The summed E-state index contributed by atoms with van der Waals surface area (Å²) in [6.45, 7) is 2.52. The Morgan fingerprint density at radius 1 is 1.14 bits per heavy atom. The molecule has 0 saturated carbocycles. The fourth-order valence-corrected chi connectivity index (χ4v) is 5.05. The Balaban J connectivity index is 1.75. The molecule has 2 heterocycles. The topological polar surface area (TPSA) is 62.7 Å². The van der Waals surface area contributed by atoms with Crippen LogP contribution in [0.15, 0.2) is 35.4 Å². The largest absolute Gasteiger partial charge is 0.497 e. The van der Waals surface area contributed by atoms with Gasteiger partial charge in [-0.25, -0.2) is 13.4 Å². The number of piperazine rings is 1. The average molecular weight is 450 g/mol. The number of nitrogens with zero attached hydrogens (tertiary/aromatic N) is 3. The van der Waals surface area contributed by atoms with Crippen LogP contribution in [0.5, 0.6) is 5.75 Å². The number of sulfonamides is 1. The predicted molar refractivity (Wildman–Crippen MR) is 103 cm³/mol. The molecule has 0 aliphatic carbocycles. The quantitative estimate of drug-likeness (QED) is 0.714. The van der Waals surface area contributed by atoms with Gasteiger partial charge in [-0.2, -0.15) is 17.5 Å². The molecule has 0 N–H and O–H groups in total. The van der Waals surface area contributed by atoms with E-state index in [2.05, 4.69) is 4.98 Å². The molecule has 1 fully saturated rings. The third-order valence-corrected chi connectivity index (χ3v) is 7.02. The number of anilines is 1. The van der Waals surface area contributed by atoms with Crippen molar-refractivity contribution in [1.82, 2.24) is 9.29 Å². The Kier molecular flexibility index (Phi) is 5.98. The Hall–Kier alpha value is -2.04. The van der Waals surface area contributed by atoms with Gasteiger partial charge in [-0.3, -0.25) is 0 Å². The van der Waals surface area contributed by atoms with Crippen LogP contribution in [0.2, 0.25) is 5.02 Å². The third kappa shape index (κ3) is 4.44. The summed E-state index contributed by atoms with van der Waals surface area (Å²) in [4.78, 5) is 5.71. The SMILES string of the molecule is COc1ccc(S(=O)(=O)N2CCN(c3ncc(C(F)(F)F)cc3Cl)CC2)c(C)c1. The lowest BCUT2D eigenvalue weighted by atomic mass is 10.2. The van der Waals surface area contributed by atoms with E-state index in [9.17, 15) is 21.6 Å². The summed E-state index contributed by atoms with van der Waals surface area (Å²) < 4.78 is 70.7. The molecule has 0 spiro atoms. The summed E-state index contributed by atoms with van der Waals surface area (Å²) in [7, 11) is -2.21. The molecule has 158 valence electrons. The fourth-order valence-electron chi connectivity index (χ4n) is 3.14. The normalized spacial score (nSPS) is 16.1. The number of ether oxygens (including phenoxy) is 1. The van der Waals surface area contributed by atoms with Crippen molar-refractivity contribution < 1.29 is 26.3 Å². The molecule has 1 aromatic carbocycles. The molecule has 0 unspecified atom stereocenters. The first-order valence-electron chi connectivity index (χ1n) is 8.66. The summed E-state index contributed by atoms with van der Waals surface area (Å²) in [5.41, 5.74) is -0.360. The first-order chi connectivity index (χ1) is 13.5. The zero-order chi connectivity index (χ0) is 21.4. The van der Waals surface area contributed by atoms with Crippen LogP contribution >= 0.6 is 11.6 Å². The van der Waals surface area contributed by atoms with Gasteiger partial charge in [0.15, 0.2) is 0 Å². The number of benzene rings is 1. The zero-order valence-corrected chi connectivity index (χ0v) is 17.3. The molecule has 29 heavy (non-hydrogen) atoms. The van der Waals surface area contributed by atoms with Crippen molar-refractivity contribution in [2.75, 3.05) is 38.2 Å². The summed E-state index contributed by atoms with van der Waals surface area (Å²) >= 11 is 5.99. The number of aryl methyl sites for hydroxylation is 1. The zero-order valence-electron chi connectivity index (χ0n) is 15.7. The van der Waals surface area contributed by atoms with Crippen molar-refractivity contribution in [2.24, 2.45) is 0 Å². The van der Waals surface area contributed by atoms with E-state index in [1.54, 1.807) is 24.0 Å². The van der Waals surface area contributed by atoms with Gasteiger partial charge in [0, 0.05) is 32.4 Å². The average Bonchev–Trinajstić information content (AvgIpc) is 2.67. The minimum Gasteiger partial charge on any atom is -0.497 e. The number of alkyl halides is 3. The van der Waals surface area contributed by atoms with Crippen LogP contribution in [0.4, 0.5) is 19.0 Å². The second-order valence-corrected chi connectivity index (χ2v) is 8.86. The highest BCUT2D eigenvalue weighted by molar-refractivity contribution is 7.89. The lowest BCUT2D eigenvalue weighted by molar-refractivity contribution is -0.137. The highest BCUT2D eigenvalue weighted by Crippen LogP contribution is 2.34. The van der Waals surface area contributed by atoms with Crippen LogP contribution in [0.1, 0.15) is 11.1 Å². The number of aromatic nitrogens is 1. The van der Waals surface area contributed by atoms with Crippen LogP contribution in [0.25, 0.3) is 0 Å². The molecule has 11 heteroatoms. The highest BCUT2D eigenvalue weighted by atomic mass is 35.5. The minimum absolute atomic E-state index is 0.123. The van der Waals surface area contributed by atoms with Gasteiger partial charge in [-0.05, 0) is 36.8 Å². The van der Waals surface area contributed by atoms with Crippen LogP contribution < -0.4 is 9.64 Å². The van der Waals surface area contributed by atoms with E-state index in [-0.39, 0.29) is 41.9 Å². The molecule has 0 amide bonds. The number of pyridine rings is 1. The lowest BCUT2D eigenvalue weighted by Crippen LogP contribution is -2.49. The predicted octanol–water partition coefficient (Wildman–Crippen LogP) is 3.58. The van der Waals surface area contributed by atoms with Gasteiger partial charge < -0.3 is 9.64 Å². The molecule has 0 radical (unpaired) electrons. The lowest BCUT2D eigenvalue weighted by Gasteiger charge is -2.35. The van der Waals surface area contributed by atoms with Crippen molar-refractivity contribution in [3.63, 3.8) is 0 Å². The first kappa shape index (κ1) is 21.7. The maximum atomic E-state index is 13.0. The maximum Gasteiger partial charge on any atom is 0.417 e. The van der Waals surface area contributed by atoms with Gasteiger partial charge in [0.25, 0.3) is 0 Å². The van der Waals surface area contributed by atoms with Gasteiger partial charge in [0.1, 0.15) is 11.6 Å². The van der Waals surface area contributed by atoms with E-state index < -0.39 is 21.8 Å². The Bertz CT molecular complexity index is 1010. The van der Waals surface area contributed by atoms with Crippen LogP contribution in [0, 0.1) is 6.92 Å². The summed E-state index contributed by atoms with van der Waals surface area (Å²) in [6.07, 6.45) is -3.80. The number of hydrogen-bond acceptors (Lipinski definition) is 5. The van der Waals surface area contributed by atoms with Crippen molar-refractivity contribution >= 4 is 27.4 Å². The second kappa shape index (κ2) is 8.00. The Morgan fingerprint density at radius 3 is 2.31 bits per heavy atom. The molecule has 1 saturated heterocycles. The minimum atomic E-state index is -4.53. The second-order valence-electron chi connectivity index (χ2n) is 6.55. The van der Waals surface area contributed by atoms with Gasteiger partial charge >= 0.3 is 6.18 Å². The van der Waals surface area contributed by atoms with Crippen molar-refractivity contribution in [3.8, 4) is 5.75 Å². The van der Waals surface area contributed by atoms with Gasteiger partial charge in [-0.1, -0.05) is 11.6 Å². The van der Waals surface area contributed by atoms with E-state index >= 15 is 0 Å². The Labute approximate surface area is 171 Å². The van der Waals surface area contributed by atoms with Crippen molar-refractivity contribution in [2.45, 2.75) is 18.0 Å². The molecule has 3 rings (SSSR count). The third-order valence-electron chi connectivity index (χ3n) is 4.69. The standard InChI is InChI=1S/C18H19ClF3N3O3S/c1-12-9-14(28-2)3-4-16(12)29(26,27)25-7-5-24(6-8-25)17-15(19)10-13(11-23-17)18(20,21)22/h3-4,9-11H,5-8H2,1-2H3. The number of rotatable bonds is 4. The van der Waals surface area contributed by atoms with E-state index in [1.807, 2.05) is 0 Å². The molecule has 1 aliphatic rings. The number of halogens is 4. The van der Waals surface area contributed by atoms with Crippen LogP contribution in [0.3, 0.4) is 0 Å². The summed E-state index contributed by atoms with van der Waals surface area (Å²) in [5, 5.41) is -0.123. The molecular formula is C18H19ClF3N3O3S. The summed E-state index contributed by atoms with van der Waals surface area (Å²) in [5.74, 6) is 0.770. The van der Waals surface area contributed by atoms with E-state index in [0.29, 0.717) is 11.3 Å². The molecule has 6 nitrogen and oxygen atoms in total. The molecule has 0 bridgehead atoms. The van der Waals surface area contributed by atoms with E-state index in [0.717, 1.165) is 12.3 Å². The van der Waals surface area contributed by atoms with Gasteiger partial charge in [0.2, 0.25) is 10.0 Å². The highest BCUT2D eigenvalue weighted by Gasteiger charge is 2.33. The number of hydrogen-bond donors (Lipinski definition) is 0. The van der Waals surface area contributed by atoms with Gasteiger partial charge in [0.05, 0.1) is 22.6 Å². The Morgan fingerprint density at radius 2 is 1.79 bits per heavy atom. The molecule has 1 aliphatic heterocycles.